The summed E-state index contributed by atoms with van der Waals surface area (Å²) in [5.41, 5.74) is 3.20. The van der Waals surface area contributed by atoms with Crippen molar-refractivity contribution in [3.05, 3.63) is 53.1 Å². The second-order valence-electron chi connectivity index (χ2n) is 5.62. The molecule has 2 aromatic carbocycles. The Kier molecular flexibility index (Phi) is 4.67. The Bertz CT molecular complexity index is 965. The number of esters is 1. The van der Waals surface area contributed by atoms with Crippen molar-refractivity contribution in [2.24, 2.45) is 0 Å². The second-order valence-corrected chi connectivity index (χ2v) is 6.65. The van der Waals surface area contributed by atoms with Crippen LogP contribution in [0.1, 0.15) is 21.5 Å². The molecule has 0 radical (unpaired) electrons. The van der Waals surface area contributed by atoms with Crippen LogP contribution in [0, 0.1) is 13.8 Å². The largest absolute Gasteiger partial charge is 0.508 e. The van der Waals surface area contributed by atoms with Crippen LogP contribution in [0.25, 0.3) is 10.2 Å². The number of carbonyl (C=O) groups excluding carboxylic acids is 2. The molecule has 0 saturated heterocycles. The number of aromatic nitrogens is 1. The van der Waals surface area contributed by atoms with Crippen molar-refractivity contribution in [1.82, 2.24) is 4.98 Å². The van der Waals surface area contributed by atoms with Crippen molar-refractivity contribution in [2.45, 2.75) is 13.8 Å². The Labute approximate surface area is 148 Å². The van der Waals surface area contributed by atoms with Crippen LogP contribution < -0.4 is 5.32 Å². The normalized spacial score (nSPS) is 10.6. The first kappa shape index (κ1) is 16.9. The molecule has 6 nitrogen and oxygen atoms in total. The van der Waals surface area contributed by atoms with E-state index in [4.69, 9.17) is 4.74 Å². The summed E-state index contributed by atoms with van der Waals surface area (Å²) in [4.78, 5) is 28.2. The van der Waals surface area contributed by atoms with Gasteiger partial charge in [0.15, 0.2) is 11.7 Å². The van der Waals surface area contributed by atoms with Crippen molar-refractivity contribution in [3.8, 4) is 5.75 Å². The maximum Gasteiger partial charge on any atom is 0.338 e. The summed E-state index contributed by atoms with van der Waals surface area (Å²) in [6.07, 6.45) is 0. The molecule has 0 saturated carbocycles. The molecule has 3 aromatic rings. The van der Waals surface area contributed by atoms with Gasteiger partial charge in [-0.2, -0.15) is 0 Å². The van der Waals surface area contributed by atoms with Gasteiger partial charge in [0.1, 0.15) is 5.75 Å². The molecule has 0 fully saturated rings. The van der Waals surface area contributed by atoms with E-state index in [1.54, 1.807) is 0 Å². The van der Waals surface area contributed by atoms with E-state index < -0.39 is 18.5 Å². The Morgan fingerprint density at radius 2 is 2.04 bits per heavy atom. The standard InChI is InChI=1S/C18H16N2O4S/c1-10-6-11(2)16-14(7-10)25-18(20-16)19-15(22)9-24-17(23)12-4-3-5-13(21)8-12/h3-8,21H,9H2,1-2H3,(H,19,20,22). The molecule has 0 spiro atoms. The SMILES string of the molecule is Cc1cc(C)c2nc(NC(=O)COC(=O)c3cccc(O)c3)sc2c1. The average Bonchev–Trinajstić information content (AvgIpc) is 2.95. The quantitative estimate of drug-likeness (QED) is 0.699. The van der Waals surface area contributed by atoms with Crippen LogP contribution >= 0.6 is 11.3 Å². The van der Waals surface area contributed by atoms with Gasteiger partial charge in [-0.1, -0.05) is 23.5 Å². The maximum absolute atomic E-state index is 12.0. The van der Waals surface area contributed by atoms with E-state index >= 15 is 0 Å². The fourth-order valence-electron chi connectivity index (χ4n) is 2.43. The van der Waals surface area contributed by atoms with Crippen molar-refractivity contribution in [2.75, 3.05) is 11.9 Å². The number of aromatic hydroxyl groups is 1. The van der Waals surface area contributed by atoms with Gasteiger partial charge in [-0.25, -0.2) is 9.78 Å². The van der Waals surface area contributed by atoms with Crippen molar-refractivity contribution in [3.63, 3.8) is 0 Å². The van der Waals surface area contributed by atoms with Gasteiger partial charge < -0.3 is 9.84 Å². The van der Waals surface area contributed by atoms with Crippen molar-refractivity contribution in [1.29, 1.82) is 0 Å². The molecular formula is C18H16N2O4S. The minimum atomic E-state index is -0.679. The van der Waals surface area contributed by atoms with Gasteiger partial charge in [-0.15, -0.1) is 0 Å². The summed E-state index contributed by atoms with van der Waals surface area (Å²) in [5.74, 6) is -1.19. The highest BCUT2D eigenvalue weighted by Gasteiger charge is 2.13. The number of benzene rings is 2. The summed E-state index contributed by atoms with van der Waals surface area (Å²) < 4.78 is 5.94. The lowest BCUT2D eigenvalue weighted by atomic mass is 10.1. The Balaban J connectivity index is 1.63. The summed E-state index contributed by atoms with van der Waals surface area (Å²) >= 11 is 1.37. The molecule has 1 aromatic heterocycles. The number of rotatable bonds is 4. The number of phenols is 1. The van der Waals surface area contributed by atoms with Crippen molar-refractivity contribution < 1.29 is 19.4 Å². The predicted molar refractivity (Wildman–Crippen MR) is 96.1 cm³/mol. The zero-order valence-electron chi connectivity index (χ0n) is 13.7. The maximum atomic E-state index is 12.0. The van der Waals surface area contributed by atoms with E-state index in [2.05, 4.69) is 10.3 Å². The number of anilines is 1. The molecule has 7 heteroatoms. The van der Waals surface area contributed by atoms with Crippen LogP contribution in [0.4, 0.5) is 5.13 Å². The lowest BCUT2D eigenvalue weighted by molar-refractivity contribution is -0.119. The van der Waals surface area contributed by atoms with Gasteiger partial charge >= 0.3 is 5.97 Å². The number of hydrogen-bond acceptors (Lipinski definition) is 6. The van der Waals surface area contributed by atoms with Gasteiger partial charge in [0.05, 0.1) is 15.8 Å². The number of phenolic OH excluding ortho intramolecular Hbond substituents is 1. The zero-order valence-corrected chi connectivity index (χ0v) is 14.5. The van der Waals surface area contributed by atoms with E-state index in [1.165, 1.54) is 35.6 Å². The van der Waals surface area contributed by atoms with Crippen LogP contribution in [0.5, 0.6) is 5.75 Å². The summed E-state index contributed by atoms with van der Waals surface area (Å²) in [6.45, 7) is 3.55. The van der Waals surface area contributed by atoms with Crippen LogP contribution in [0.2, 0.25) is 0 Å². The molecule has 2 N–H and O–H groups in total. The number of hydrogen-bond donors (Lipinski definition) is 2. The first-order valence-electron chi connectivity index (χ1n) is 7.56. The molecule has 1 heterocycles. The van der Waals surface area contributed by atoms with E-state index in [-0.39, 0.29) is 11.3 Å². The highest BCUT2D eigenvalue weighted by atomic mass is 32.1. The number of aryl methyl sites for hydroxylation is 2. The molecule has 0 unspecified atom stereocenters. The molecule has 0 aliphatic heterocycles. The minimum Gasteiger partial charge on any atom is -0.508 e. The van der Waals surface area contributed by atoms with E-state index in [0.29, 0.717) is 5.13 Å². The first-order valence-corrected chi connectivity index (χ1v) is 8.38. The molecule has 25 heavy (non-hydrogen) atoms. The Hall–Kier alpha value is -2.93. The number of nitrogens with one attached hydrogen (secondary N) is 1. The molecule has 0 aliphatic carbocycles. The third-order valence-electron chi connectivity index (χ3n) is 3.49. The number of amides is 1. The van der Waals surface area contributed by atoms with Crippen molar-refractivity contribution >= 4 is 38.6 Å². The third-order valence-corrected chi connectivity index (χ3v) is 4.41. The molecule has 128 valence electrons. The number of carbonyl (C=O) groups is 2. The van der Waals surface area contributed by atoms with E-state index in [1.807, 2.05) is 26.0 Å². The molecule has 1 amide bonds. The summed E-state index contributed by atoms with van der Waals surface area (Å²) in [6, 6.07) is 9.79. The summed E-state index contributed by atoms with van der Waals surface area (Å²) in [7, 11) is 0. The number of thiazole rings is 1. The number of ether oxygens (including phenoxy) is 1. The van der Waals surface area contributed by atoms with Gasteiger partial charge in [0, 0.05) is 0 Å². The van der Waals surface area contributed by atoms with Gasteiger partial charge in [-0.3, -0.25) is 10.1 Å². The molecule has 0 aliphatic rings. The molecule has 0 atom stereocenters. The van der Waals surface area contributed by atoms with Crippen LogP contribution in [-0.2, 0) is 9.53 Å². The minimum absolute atomic E-state index is 0.0426. The van der Waals surface area contributed by atoms with E-state index in [9.17, 15) is 14.7 Å². The second kappa shape index (κ2) is 6.90. The van der Waals surface area contributed by atoms with Gasteiger partial charge in [-0.05, 0) is 49.2 Å². The topological polar surface area (TPSA) is 88.5 Å². The number of fused-ring (bicyclic) bond motifs is 1. The summed E-state index contributed by atoms with van der Waals surface area (Å²) in [5, 5.41) is 12.4. The third kappa shape index (κ3) is 3.95. The van der Waals surface area contributed by atoms with Gasteiger partial charge in [0.2, 0.25) is 0 Å². The highest BCUT2D eigenvalue weighted by Crippen LogP contribution is 2.29. The van der Waals surface area contributed by atoms with Gasteiger partial charge in [0.25, 0.3) is 5.91 Å². The Morgan fingerprint density at radius 3 is 2.80 bits per heavy atom. The zero-order chi connectivity index (χ0) is 18.0. The Morgan fingerprint density at radius 1 is 1.24 bits per heavy atom. The van der Waals surface area contributed by atoms with Crippen LogP contribution in [0.3, 0.4) is 0 Å². The fraction of sp³-hybridized carbons (Fsp3) is 0.167. The average molecular weight is 356 g/mol. The lowest BCUT2D eigenvalue weighted by Gasteiger charge is -2.04. The highest BCUT2D eigenvalue weighted by molar-refractivity contribution is 7.22. The van der Waals surface area contributed by atoms with Crippen LogP contribution in [-0.4, -0.2) is 28.6 Å². The predicted octanol–water partition coefficient (Wildman–Crippen LogP) is 3.41. The lowest BCUT2D eigenvalue weighted by Crippen LogP contribution is -2.20. The molecular weight excluding hydrogens is 340 g/mol. The molecule has 0 bridgehead atoms. The van der Waals surface area contributed by atoms with Crippen LogP contribution in [0.15, 0.2) is 36.4 Å². The smallest absolute Gasteiger partial charge is 0.338 e. The number of nitrogens with zero attached hydrogens (tertiary/aromatic N) is 1. The van der Waals surface area contributed by atoms with E-state index in [0.717, 1.165) is 21.3 Å². The fourth-order valence-corrected chi connectivity index (χ4v) is 3.48. The molecule has 3 rings (SSSR count). The monoisotopic (exact) mass is 356 g/mol. The first-order chi connectivity index (χ1) is 11.9.